The van der Waals surface area contributed by atoms with E-state index in [-0.39, 0.29) is 0 Å². The van der Waals surface area contributed by atoms with Crippen LogP contribution in [0.15, 0.2) is 16.5 Å². The summed E-state index contributed by atoms with van der Waals surface area (Å²) in [7, 11) is 1.63. The molecule has 0 aliphatic heterocycles. The van der Waals surface area contributed by atoms with Crippen LogP contribution in [0.1, 0.15) is 11.8 Å². The molecule has 0 aliphatic rings. The number of nitrogens with zero attached hydrogens (tertiary/aromatic N) is 1. The van der Waals surface area contributed by atoms with Crippen molar-refractivity contribution in [2.45, 2.75) is 6.92 Å². The van der Waals surface area contributed by atoms with Crippen LogP contribution in [0.3, 0.4) is 0 Å². The van der Waals surface area contributed by atoms with E-state index in [1.807, 2.05) is 18.4 Å². The second kappa shape index (κ2) is 3.39. The molecule has 0 saturated carbocycles. The fraction of sp³-hybridized carbons (Fsp3) is 0.286. The zero-order valence-electron chi connectivity index (χ0n) is 6.50. The van der Waals surface area contributed by atoms with Gasteiger partial charge in [0.1, 0.15) is 5.75 Å². The number of hydrazone groups is 1. The van der Waals surface area contributed by atoms with Gasteiger partial charge in [-0.2, -0.15) is 5.10 Å². The number of thiophene rings is 1. The van der Waals surface area contributed by atoms with Crippen LogP contribution in [0.25, 0.3) is 0 Å². The van der Waals surface area contributed by atoms with E-state index in [4.69, 9.17) is 10.6 Å². The predicted molar refractivity (Wildman–Crippen MR) is 47.3 cm³/mol. The van der Waals surface area contributed by atoms with Gasteiger partial charge in [-0.05, 0) is 18.4 Å². The van der Waals surface area contributed by atoms with Crippen molar-refractivity contribution in [3.8, 4) is 5.75 Å². The van der Waals surface area contributed by atoms with Crippen molar-refractivity contribution in [2.75, 3.05) is 7.11 Å². The van der Waals surface area contributed by atoms with Crippen molar-refractivity contribution in [2.24, 2.45) is 10.9 Å². The van der Waals surface area contributed by atoms with Gasteiger partial charge in [0.15, 0.2) is 0 Å². The second-order valence-electron chi connectivity index (χ2n) is 2.03. The van der Waals surface area contributed by atoms with Gasteiger partial charge in [0, 0.05) is 0 Å². The zero-order chi connectivity index (χ0) is 8.27. The van der Waals surface area contributed by atoms with Gasteiger partial charge in [-0.25, -0.2) is 0 Å². The molecule has 1 rings (SSSR count). The molecule has 0 amide bonds. The van der Waals surface area contributed by atoms with Crippen molar-refractivity contribution >= 4 is 17.0 Å². The molecule has 0 fully saturated rings. The van der Waals surface area contributed by atoms with E-state index < -0.39 is 0 Å². The highest BCUT2D eigenvalue weighted by Crippen LogP contribution is 2.24. The molecular formula is C7H10N2OS. The molecule has 0 aliphatic carbocycles. The largest absolute Gasteiger partial charge is 0.495 e. The van der Waals surface area contributed by atoms with Crippen LogP contribution < -0.4 is 10.6 Å². The fourth-order valence-corrected chi connectivity index (χ4v) is 1.60. The summed E-state index contributed by atoms with van der Waals surface area (Å²) in [5, 5.41) is 5.53. The Labute approximate surface area is 69.5 Å². The van der Waals surface area contributed by atoms with Crippen LogP contribution >= 0.6 is 11.3 Å². The van der Waals surface area contributed by atoms with E-state index in [0.29, 0.717) is 0 Å². The van der Waals surface area contributed by atoms with Gasteiger partial charge in [0.25, 0.3) is 0 Å². The van der Waals surface area contributed by atoms with Crippen LogP contribution in [0.4, 0.5) is 0 Å². The highest BCUT2D eigenvalue weighted by atomic mass is 32.1. The van der Waals surface area contributed by atoms with Crippen LogP contribution in [0, 0.1) is 0 Å². The van der Waals surface area contributed by atoms with Gasteiger partial charge in [0.2, 0.25) is 0 Å². The summed E-state index contributed by atoms with van der Waals surface area (Å²) in [6.07, 6.45) is 0. The van der Waals surface area contributed by atoms with E-state index in [1.165, 1.54) is 0 Å². The van der Waals surface area contributed by atoms with E-state index in [2.05, 4.69) is 5.10 Å². The molecular weight excluding hydrogens is 160 g/mol. The Morgan fingerprint density at radius 1 is 1.73 bits per heavy atom. The molecule has 0 unspecified atom stereocenters. The topological polar surface area (TPSA) is 47.6 Å². The highest BCUT2D eigenvalue weighted by molar-refractivity contribution is 7.12. The monoisotopic (exact) mass is 170 g/mol. The lowest BCUT2D eigenvalue weighted by molar-refractivity contribution is 0.416. The molecule has 0 aromatic carbocycles. The Balaban J connectivity index is 3.02. The molecule has 0 saturated heterocycles. The van der Waals surface area contributed by atoms with Gasteiger partial charge in [-0.1, -0.05) is 0 Å². The first kappa shape index (κ1) is 8.07. The molecule has 1 heterocycles. The van der Waals surface area contributed by atoms with Gasteiger partial charge >= 0.3 is 0 Å². The molecule has 0 bridgehead atoms. The Morgan fingerprint density at radius 2 is 2.45 bits per heavy atom. The molecule has 1 aromatic heterocycles. The summed E-state index contributed by atoms with van der Waals surface area (Å²) < 4.78 is 5.08. The summed E-state index contributed by atoms with van der Waals surface area (Å²) in [6, 6.07) is 1.90. The van der Waals surface area contributed by atoms with Crippen LogP contribution in [0.2, 0.25) is 0 Å². The number of rotatable bonds is 2. The van der Waals surface area contributed by atoms with E-state index in [0.717, 1.165) is 16.3 Å². The average Bonchev–Trinajstić information content (AvgIpc) is 2.50. The van der Waals surface area contributed by atoms with Crippen LogP contribution in [-0.2, 0) is 0 Å². The van der Waals surface area contributed by atoms with Crippen LogP contribution in [-0.4, -0.2) is 12.8 Å². The number of hydrogen-bond acceptors (Lipinski definition) is 4. The van der Waals surface area contributed by atoms with Gasteiger partial charge in [0.05, 0.1) is 17.7 Å². The Hall–Kier alpha value is -1.03. The SMILES string of the molecule is COc1ccsc1/C(C)=N/N. The molecule has 0 atom stereocenters. The standard InChI is InChI=1S/C7H10N2OS/c1-5(9-8)7-6(10-2)3-4-11-7/h3-4H,8H2,1-2H3/b9-5+. The maximum Gasteiger partial charge on any atom is 0.138 e. The van der Waals surface area contributed by atoms with E-state index in [1.54, 1.807) is 18.4 Å². The molecule has 11 heavy (non-hydrogen) atoms. The summed E-state index contributed by atoms with van der Waals surface area (Å²) in [6.45, 7) is 1.86. The Bertz CT molecular complexity index is 267. The summed E-state index contributed by atoms with van der Waals surface area (Å²) >= 11 is 1.57. The average molecular weight is 170 g/mol. The van der Waals surface area contributed by atoms with Crippen molar-refractivity contribution in [3.63, 3.8) is 0 Å². The van der Waals surface area contributed by atoms with Gasteiger partial charge < -0.3 is 10.6 Å². The third kappa shape index (κ3) is 1.51. The lowest BCUT2D eigenvalue weighted by atomic mass is 10.3. The van der Waals surface area contributed by atoms with Crippen molar-refractivity contribution < 1.29 is 4.74 Å². The minimum atomic E-state index is 0.803. The predicted octanol–water partition coefficient (Wildman–Crippen LogP) is 1.44. The molecule has 60 valence electrons. The Morgan fingerprint density at radius 3 is 3.00 bits per heavy atom. The normalized spacial score (nSPS) is 11.6. The summed E-state index contributed by atoms with van der Waals surface area (Å²) in [5.41, 5.74) is 0.803. The van der Waals surface area contributed by atoms with Gasteiger partial charge in [-0.3, -0.25) is 0 Å². The second-order valence-corrected chi connectivity index (χ2v) is 2.95. The first-order valence-corrected chi connectivity index (χ1v) is 4.04. The zero-order valence-corrected chi connectivity index (χ0v) is 7.31. The number of nitrogens with two attached hydrogens (primary N) is 1. The molecule has 3 nitrogen and oxygen atoms in total. The van der Waals surface area contributed by atoms with E-state index in [9.17, 15) is 0 Å². The third-order valence-corrected chi connectivity index (χ3v) is 2.38. The maximum absolute atomic E-state index is 5.13. The van der Waals surface area contributed by atoms with E-state index >= 15 is 0 Å². The molecule has 0 spiro atoms. The quantitative estimate of drug-likeness (QED) is 0.415. The molecule has 4 heteroatoms. The van der Waals surface area contributed by atoms with Crippen LogP contribution in [0.5, 0.6) is 5.75 Å². The minimum Gasteiger partial charge on any atom is -0.495 e. The van der Waals surface area contributed by atoms with Crippen molar-refractivity contribution in [3.05, 3.63) is 16.3 Å². The summed E-state index contributed by atoms with van der Waals surface area (Å²) in [5.74, 6) is 5.96. The lowest BCUT2D eigenvalue weighted by Gasteiger charge is -1.99. The van der Waals surface area contributed by atoms with Crippen molar-refractivity contribution in [1.82, 2.24) is 0 Å². The Kier molecular flexibility index (Phi) is 2.48. The van der Waals surface area contributed by atoms with Gasteiger partial charge in [-0.15, -0.1) is 11.3 Å². The molecule has 0 radical (unpaired) electrons. The first-order valence-electron chi connectivity index (χ1n) is 3.16. The maximum atomic E-state index is 5.13. The summed E-state index contributed by atoms with van der Waals surface area (Å²) in [4.78, 5) is 0.995. The molecule has 1 aromatic rings. The number of methoxy groups -OCH3 is 1. The van der Waals surface area contributed by atoms with Crippen molar-refractivity contribution in [1.29, 1.82) is 0 Å². The number of ether oxygens (including phenoxy) is 1. The molecule has 2 N–H and O–H groups in total. The highest BCUT2D eigenvalue weighted by Gasteiger charge is 2.06. The smallest absolute Gasteiger partial charge is 0.138 e. The first-order chi connectivity index (χ1) is 5.29. The fourth-order valence-electron chi connectivity index (χ4n) is 0.781. The number of hydrogen-bond donors (Lipinski definition) is 1. The third-order valence-electron chi connectivity index (χ3n) is 1.37. The minimum absolute atomic E-state index is 0.803. The lowest BCUT2D eigenvalue weighted by Crippen LogP contribution is -1.97.